The van der Waals surface area contributed by atoms with Crippen LogP contribution in [0, 0.1) is 17.3 Å². The predicted molar refractivity (Wildman–Crippen MR) is 128 cm³/mol. The maximum atomic E-state index is 13.5. The highest BCUT2D eigenvalue weighted by molar-refractivity contribution is 6.24. The third-order valence-electron chi connectivity index (χ3n) is 8.98. The van der Waals surface area contributed by atoms with E-state index in [1.54, 1.807) is 40.7 Å². The molecule has 34 heavy (non-hydrogen) atoms. The topological polar surface area (TPSA) is 89.9 Å². The monoisotopic (exact) mass is 470 g/mol. The van der Waals surface area contributed by atoms with E-state index in [1.807, 2.05) is 6.92 Å². The Labute approximate surface area is 202 Å². The first-order chi connectivity index (χ1) is 15.7. The zero-order valence-electron chi connectivity index (χ0n) is 21.5. The van der Waals surface area contributed by atoms with Crippen molar-refractivity contribution in [3.63, 3.8) is 0 Å². The van der Waals surface area contributed by atoms with Gasteiger partial charge in [0.05, 0.1) is 17.8 Å². The highest BCUT2D eigenvalue weighted by Gasteiger charge is 2.61. The molecule has 0 spiro atoms. The molecular weight excluding hydrogens is 432 g/mol. The molecule has 1 saturated heterocycles. The van der Waals surface area contributed by atoms with Crippen molar-refractivity contribution in [2.75, 3.05) is 0 Å². The number of ketones is 3. The number of fused-ring (bicyclic) bond motifs is 3. The van der Waals surface area contributed by atoms with Gasteiger partial charge in [0, 0.05) is 28.4 Å². The van der Waals surface area contributed by atoms with Gasteiger partial charge in [-0.2, -0.15) is 0 Å². The van der Waals surface area contributed by atoms with Crippen LogP contribution in [0.2, 0.25) is 0 Å². The number of rotatable bonds is 4. The zero-order valence-corrected chi connectivity index (χ0v) is 21.5. The Balaban J connectivity index is 1.64. The van der Waals surface area contributed by atoms with Gasteiger partial charge in [-0.25, -0.2) is 0 Å². The molecule has 2 heterocycles. The fraction of sp³-hybridized carbons (Fsp3) is 0.679. The molecular formula is C28H38O6. The SMILES string of the molecule is C/C=C(\C)C(=O)C(C)C1=CC(=O)C2=C(OC3(C)CCC4OC(C(C)(C)O)CCC4(C)C3C2)C1=O. The lowest BCUT2D eigenvalue weighted by molar-refractivity contribution is -0.245. The Hall–Kier alpha value is -2.05. The number of hydrogen-bond donors (Lipinski definition) is 1. The van der Waals surface area contributed by atoms with Crippen molar-refractivity contribution in [1.29, 1.82) is 0 Å². The third kappa shape index (κ3) is 3.83. The lowest BCUT2D eigenvalue weighted by Gasteiger charge is -2.60. The molecule has 2 aliphatic heterocycles. The second-order valence-electron chi connectivity index (χ2n) is 11.7. The van der Waals surface area contributed by atoms with E-state index in [1.165, 1.54) is 6.08 Å². The van der Waals surface area contributed by atoms with Crippen LogP contribution in [0.3, 0.4) is 0 Å². The minimum Gasteiger partial charge on any atom is -0.483 e. The molecule has 0 bridgehead atoms. The molecule has 0 radical (unpaired) electrons. The summed E-state index contributed by atoms with van der Waals surface area (Å²) in [5.41, 5.74) is -0.533. The number of aliphatic hydroxyl groups is 1. The summed E-state index contributed by atoms with van der Waals surface area (Å²) in [5.74, 6) is -1.29. The predicted octanol–water partition coefficient (Wildman–Crippen LogP) is 4.40. The van der Waals surface area contributed by atoms with Crippen molar-refractivity contribution in [3.8, 4) is 0 Å². The summed E-state index contributed by atoms with van der Waals surface area (Å²) in [4.78, 5) is 39.4. The van der Waals surface area contributed by atoms with Crippen molar-refractivity contribution in [2.45, 2.75) is 104 Å². The molecule has 4 rings (SSSR count). The second-order valence-corrected chi connectivity index (χ2v) is 11.7. The lowest BCUT2D eigenvalue weighted by Crippen LogP contribution is -2.62. The number of carbonyl (C=O) groups is 3. The van der Waals surface area contributed by atoms with Gasteiger partial charge in [0.15, 0.2) is 17.3 Å². The van der Waals surface area contributed by atoms with Crippen molar-refractivity contribution in [1.82, 2.24) is 0 Å². The number of allylic oxidation sites excluding steroid dienone is 5. The van der Waals surface area contributed by atoms with Gasteiger partial charge in [-0.1, -0.05) is 19.9 Å². The molecule has 0 amide bonds. The summed E-state index contributed by atoms with van der Waals surface area (Å²) in [7, 11) is 0. The molecule has 186 valence electrons. The summed E-state index contributed by atoms with van der Waals surface area (Å²) in [6, 6.07) is 0. The molecule has 6 unspecified atom stereocenters. The van der Waals surface area contributed by atoms with E-state index in [2.05, 4.69) is 6.92 Å². The van der Waals surface area contributed by atoms with E-state index in [4.69, 9.17) is 9.47 Å². The highest BCUT2D eigenvalue weighted by atomic mass is 16.5. The Morgan fingerprint density at radius 3 is 2.53 bits per heavy atom. The molecule has 4 aliphatic rings. The molecule has 2 fully saturated rings. The molecule has 6 heteroatoms. The summed E-state index contributed by atoms with van der Waals surface area (Å²) < 4.78 is 12.9. The summed E-state index contributed by atoms with van der Waals surface area (Å²) in [5, 5.41) is 10.5. The molecule has 1 N–H and O–H groups in total. The smallest absolute Gasteiger partial charge is 0.224 e. The van der Waals surface area contributed by atoms with Crippen molar-refractivity contribution in [3.05, 3.63) is 34.6 Å². The van der Waals surface area contributed by atoms with Gasteiger partial charge < -0.3 is 14.6 Å². The van der Waals surface area contributed by atoms with E-state index in [9.17, 15) is 19.5 Å². The second kappa shape index (κ2) is 8.27. The van der Waals surface area contributed by atoms with Gasteiger partial charge in [0.2, 0.25) is 5.78 Å². The van der Waals surface area contributed by atoms with Crippen LogP contribution in [0.15, 0.2) is 34.6 Å². The van der Waals surface area contributed by atoms with E-state index in [-0.39, 0.29) is 52.2 Å². The Morgan fingerprint density at radius 2 is 1.91 bits per heavy atom. The first-order valence-electron chi connectivity index (χ1n) is 12.5. The molecule has 0 aromatic carbocycles. The van der Waals surface area contributed by atoms with E-state index in [0.29, 0.717) is 24.0 Å². The maximum absolute atomic E-state index is 13.5. The maximum Gasteiger partial charge on any atom is 0.224 e. The van der Waals surface area contributed by atoms with Gasteiger partial charge in [-0.15, -0.1) is 0 Å². The first-order valence-corrected chi connectivity index (χ1v) is 12.5. The van der Waals surface area contributed by atoms with E-state index in [0.717, 1.165) is 19.3 Å². The van der Waals surface area contributed by atoms with Crippen molar-refractivity contribution < 1.29 is 29.0 Å². The number of hydrogen-bond acceptors (Lipinski definition) is 6. The van der Waals surface area contributed by atoms with Crippen molar-refractivity contribution in [2.24, 2.45) is 17.3 Å². The van der Waals surface area contributed by atoms with Crippen LogP contribution < -0.4 is 0 Å². The summed E-state index contributed by atoms with van der Waals surface area (Å²) >= 11 is 0. The quantitative estimate of drug-likeness (QED) is 0.484. The molecule has 0 aromatic heterocycles. The lowest BCUT2D eigenvalue weighted by atomic mass is 9.53. The zero-order chi connectivity index (χ0) is 25.2. The average molecular weight is 471 g/mol. The Kier molecular flexibility index (Phi) is 6.09. The van der Waals surface area contributed by atoms with Crippen LogP contribution in [-0.4, -0.2) is 45.9 Å². The van der Waals surface area contributed by atoms with Gasteiger partial charge in [0.1, 0.15) is 5.60 Å². The van der Waals surface area contributed by atoms with Crippen LogP contribution >= 0.6 is 0 Å². The van der Waals surface area contributed by atoms with Crippen LogP contribution in [-0.2, 0) is 23.9 Å². The first kappa shape index (κ1) is 25.1. The summed E-state index contributed by atoms with van der Waals surface area (Å²) in [6.07, 6.45) is 6.31. The standard InChI is InChI=1S/C28H38O6/c1-8-15(2)23(30)16(3)17-13-19(29)18-14-20-27(6)11-9-21(26(4,5)32)33-22(27)10-12-28(20,7)34-25(18)24(17)31/h8,13,16,20-22,32H,9-12,14H2,1-7H3/b15-8+. The molecule has 0 aromatic rings. The number of carbonyl (C=O) groups excluding carboxylic acids is 3. The largest absolute Gasteiger partial charge is 0.483 e. The molecule has 1 saturated carbocycles. The van der Waals surface area contributed by atoms with Crippen LogP contribution in [0.25, 0.3) is 0 Å². The number of Topliss-reactive ketones (excluding diaryl/α,β-unsaturated/α-hetero) is 2. The fourth-order valence-electron chi connectivity index (χ4n) is 6.56. The Bertz CT molecular complexity index is 1020. The van der Waals surface area contributed by atoms with Gasteiger partial charge in [-0.3, -0.25) is 14.4 Å². The van der Waals surface area contributed by atoms with Crippen molar-refractivity contribution >= 4 is 17.3 Å². The van der Waals surface area contributed by atoms with E-state index < -0.39 is 17.1 Å². The normalized spacial score (nSPS) is 37.2. The Morgan fingerprint density at radius 1 is 1.24 bits per heavy atom. The minimum atomic E-state index is -0.909. The summed E-state index contributed by atoms with van der Waals surface area (Å²) in [6.45, 7) is 13.0. The molecule has 2 aliphatic carbocycles. The van der Waals surface area contributed by atoms with Crippen LogP contribution in [0.1, 0.15) is 80.6 Å². The minimum absolute atomic E-state index is 0.0104. The average Bonchev–Trinajstić information content (AvgIpc) is 2.77. The number of ether oxygens (including phenoxy) is 2. The highest BCUT2D eigenvalue weighted by Crippen LogP contribution is 2.59. The van der Waals surface area contributed by atoms with Gasteiger partial charge in [0.25, 0.3) is 0 Å². The molecule has 6 atom stereocenters. The van der Waals surface area contributed by atoms with Gasteiger partial charge in [-0.05, 0) is 78.4 Å². The van der Waals surface area contributed by atoms with Gasteiger partial charge >= 0.3 is 0 Å². The van der Waals surface area contributed by atoms with Crippen LogP contribution in [0.4, 0.5) is 0 Å². The molecule has 6 nitrogen and oxygen atoms in total. The fourth-order valence-corrected chi connectivity index (χ4v) is 6.56. The van der Waals surface area contributed by atoms with E-state index >= 15 is 0 Å². The third-order valence-corrected chi connectivity index (χ3v) is 8.98. The van der Waals surface area contributed by atoms with Crippen LogP contribution in [0.5, 0.6) is 0 Å².